The molecule has 1 atom stereocenters. The molecule has 6 heteroatoms. The van der Waals surface area contributed by atoms with E-state index in [0.29, 0.717) is 0 Å². The number of hydrazine groups is 1. The first-order chi connectivity index (χ1) is 8.18. The molecule has 1 saturated carbocycles. The molecule has 0 aromatic carbocycles. The van der Waals surface area contributed by atoms with E-state index in [9.17, 15) is 14.4 Å². The van der Waals surface area contributed by atoms with E-state index in [2.05, 4.69) is 0 Å². The summed E-state index contributed by atoms with van der Waals surface area (Å²) in [5, 5.41) is 2.80. The summed E-state index contributed by atoms with van der Waals surface area (Å²) in [6.07, 6.45) is 9.13. The van der Waals surface area contributed by atoms with Gasteiger partial charge in [0.05, 0.1) is 5.54 Å². The van der Waals surface area contributed by atoms with Crippen LogP contribution in [0, 0.1) is 0 Å². The van der Waals surface area contributed by atoms with Crippen molar-refractivity contribution in [3.05, 3.63) is 12.2 Å². The largest absolute Gasteiger partial charge is 0.539 e. The van der Waals surface area contributed by atoms with E-state index in [1.165, 1.54) is 10.0 Å². The van der Waals surface area contributed by atoms with E-state index in [-0.39, 0.29) is 56.5 Å². The van der Waals surface area contributed by atoms with Gasteiger partial charge in [0.1, 0.15) is 6.42 Å². The average molecular weight is 322 g/mol. The zero-order valence-electron chi connectivity index (χ0n) is 9.96. The third-order valence-corrected chi connectivity index (χ3v) is 3.87. The topological polar surface area (TPSA) is 57.7 Å². The number of carbonyl (C=O) groups excluding carboxylic acids is 3. The van der Waals surface area contributed by atoms with Gasteiger partial charge in [-0.15, -0.1) is 0 Å². The van der Waals surface area contributed by atoms with Gasteiger partial charge >= 0.3 is 0 Å². The average Bonchev–Trinajstić information content (AvgIpc) is 2.87. The molecule has 2 aliphatic heterocycles. The third kappa shape index (κ3) is 1.79. The monoisotopic (exact) mass is 322 g/mol. The van der Waals surface area contributed by atoms with Gasteiger partial charge in [-0.05, 0) is 18.9 Å². The molecule has 2 fully saturated rings. The van der Waals surface area contributed by atoms with Crippen molar-refractivity contribution < 1.29 is 47.1 Å². The summed E-state index contributed by atoms with van der Waals surface area (Å²) in [6, 6.07) is -0.736. The van der Waals surface area contributed by atoms with Gasteiger partial charge in [0, 0.05) is 32.7 Å². The van der Waals surface area contributed by atoms with E-state index in [0.717, 1.165) is 25.7 Å². The van der Waals surface area contributed by atoms with Gasteiger partial charge < -0.3 is 4.79 Å². The van der Waals surface area contributed by atoms with Crippen molar-refractivity contribution in [1.82, 2.24) is 10.0 Å². The first-order valence-corrected chi connectivity index (χ1v) is 5.90. The van der Waals surface area contributed by atoms with Crippen molar-refractivity contribution in [2.24, 2.45) is 0 Å². The van der Waals surface area contributed by atoms with Crippen LogP contribution in [0.2, 0.25) is 0 Å². The second kappa shape index (κ2) is 4.85. The van der Waals surface area contributed by atoms with E-state index >= 15 is 0 Å². The van der Waals surface area contributed by atoms with Crippen LogP contribution in [0.25, 0.3) is 0 Å². The summed E-state index contributed by atoms with van der Waals surface area (Å²) in [5.74, 6) is -0.486. The molecule has 1 aliphatic carbocycles. The first-order valence-electron chi connectivity index (χ1n) is 5.90. The van der Waals surface area contributed by atoms with Crippen LogP contribution in [0.4, 0.5) is 0 Å². The summed E-state index contributed by atoms with van der Waals surface area (Å²) in [4.78, 5) is 34.6. The quantitative estimate of drug-likeness (QED) is 0.397. The summed E-state index contributed by atoms with van der Waals surface area (Å²) >= 11 is 0. The molecule has 1 saturated heterocycles. The van der Waals surface area contributed by atoms with Crippen LogP contribution in [-0.2, 0) is 47.1 Å². The fourth-order valence-electron chi connectivity index (χ4n) is 3.14. The number of rotatable bonds is 1. The zero-order chi connectivity index (χ0) is 12.0. The Hall–Kier alpha value is -0.546. The number of fused-ring (bicyclic) bond motifs is 2. The maximum atomic E-state index is 11.9. The van der Waals surface area contributed by atoms with E-state index in [4.69, 9.17) is 0 Å². The van der Waals surface area contributed by atoms with E-state index < -0.39 is 6.04 Å². The molecule has 0 bridgehead atoms. The van der Waals surface area contributed by atoms with Crippen LogP contribution in [0.1, 0.15) is 32.1 Å². The molecule has 2 heterocycles. The summed E-state index contributed by atoms with van der Waals surface area (Å²) in [6.45, 7) is 0. The van der Waals surface area contributed by atoms with Crippen molar-refractivity contribution >= 4 is 18.1 Å². The maximum Gasteiger partial charge on any atom is 0.251 e. The molecule has 93 valence electrons. The number of hydrogen-bond acceptors (Lipinski definition) is 3. The normalized spacial score (nSPS) is 28.6. The van der Waals surface area contributed by atoms with Crippen LogP contribution in [-0.4, -0.2) is 39.7 Å². The van der Waals surface area contributed by atoms with Crippen LogP contribution < -0.4 is 0 Å². The summed E-state index contributed by atoms with van der Waals surface area (Å²) in [7, 11) is 0. The predicted molar refractivity (Wildman–Crippen MR) is 58.1 cm³/mol. The summed E-state index contributed by atoms with van der Waals surface area (Å²) in [5.41, 5.74) is -0.364. The van der Waals surface area contributed by atoms with E-state index in [1.807, 2.05) is 12.4 Å². The Morgan fingerprint density at radius 2 is 1.89 bits per heavy atom. The Morgan fingerprint density at radius 1 is 1.22 bits per heavy atom. The zero-order valence-corrected chi connectivity index (χ0v) is 12.8. The molecule has 1 radical (unpaired) electrons. The van der Waals surface area contributed by atoms with Gasteiger partial charge in [-0.1, -0.05) is 25.0 Å². The van der Waals surface area contributed by atoms with Crippen molar-refractivity contribution in [3.8, 4) is 0 Å². The molecule has 2 amide bonds. The predicted octanol–water partition coefficient (Wildman–Crippen LogP) is 0.321. The minimum Gasteiger partial charge on any atom is -0.539 e. The number of nitrogens with zero attached hydrogens (tertiary/aromatic N) is 2. The Balaban J connectivity index is 0.00000120. The van der Waals surface area contributed by atoms with Crippen LogP contribution in [0.15, 0.2) is 12.2 Å². The van der Waals surface area contributed by atoms with Gasteiger partial charge in [-0.25, -0.2) is 11.3 Å². The minimum atomic E-state index is -0.736. The van der Waals surface area contributed by atoms with Gasteiger partial charge in [-0.3, -0.25) is 14.6 Å². The van der Waals surface area contributed by atoms with Crippen molar-refractivity contribution in [2.45, 2.75) is 43.7 Å². The molecule has 1 unspecified atom stereocenters. The van der Waals surface area contributed by atoms with E-state index in [1.54, 1.807) is 6.08 Å². The molecule has 3 rings (SSSR count). The fraction of sp³-hybridized carbons (Fsp3) is 0.583. The smallest absolute Gasteiger partial charge is 0.251 e. The summed E-state index contributed by atoms with van der Waals surface area (Å²) < 4.78 is 0. The Kier molecular flexibility index (Phi) is 3.74. The molecule has 5 nitrogen and oxygen atoms in total. The Bertz CT molecular complexity index is 429. The Morgan fingerprint density at radius 3 is 2.50 bits per heavy atom. The fourth-order valence-corrected chi connectivity index (χ4v) is 3.14. The molecule has 0 aromatic rings. The number of amides is 2. The van der Waals surface area contributed by atoms with Crippen LogP contribution >= 0.6 is 0 Å². The second-order valence-electron chi connectivity index (χ2n) is 4.85. The number of carbonyl (C=O) groups is 2. The van der Waals surface area contributed by atoms with Crippen LogP contribution in [0.5, 0.6) is 0 Å². The van der Waals surface area contributed by atoms with Crippen molar-refractivity contribution in [1.29, 1.82) is 0 Å². The molecule has 3 aliphatic rings. The number of hydrogen-bond donors (Lipinski definition) is 0. The molecule has 18 heavy (non-hydrogen) atoms. The third-order valence-electron chi connectivity index (χ3n) is 3.87. The standard InChI is InChI=1S/C12H13N2O3.Y/c15-8-9-3-6-12(4-1-2-5-12)14-11(17)7-10(16)13(9)14;/h3,6,9H,1-2,4-5,7H2;/q-1;. The van der Waals surface area contributed by atoms with Gasteiger partial charge in [0.15, 0.2) is 0 Å². The molecular formula is C12H13N2O3Y-. The second-order valence-corrected chi connectivity index (χ2v) is 4.85. The molecule has 0 aromatic heterocycles. The first kappa shape index (κ1) is 13.9. The SMILES string of the molecule is O=[C-]C1C=CC2(CCCC2)N2C(=O)CC(=O)N12.[Y]. The van der Waals surface area contributed by atoms with Crippen molar-refractivity contribution in [3.63, 3.8) is 0 Å². The van der Waals surface area contributed by atoms with Crippen LogP contribution in [0.3, 0.4) is 0 Å². The molecule has 1 spiro atoms. The minimum absolute atomic E-state index is 0. The van der Waals surface area contributed by atoms with Gasteiger partial charge in [0.25, 0.3) is 5.91 Å². The molecule has 0 N–H and O–H groups in total. The van der Waals surface area contributed by atoms with Gasteiger partial charge in [0.2, 0.25) is 5.91 Å². The molecular weight excluding hydrogens is 309 g/mol. The Labute approximate surface area is 130 Å². The van der Waals surface area contributed by atoms with Gasteiger partial charge in [-0.2, -0.15) is 0 Å². The maximum absolute atomic E-state index is 11.9. The van der Waals surface area contributed by atoms with Crippen molar-refractivity contribution in [2.75, 3.05) is 0 Å².